The summed E-state index contributed by atoms with van der Waals surface area (Å²) >= 11 is 0. The second kappa shape index (κ2) is 6.70. The molecule has 1 heterocycles. The Morgan fingerprint density at radius 3 is 2.70 bits per heavy atom. The van der Waals surface area contributed by atoms with E-state index in [-0.39, 0.29) is 11.8 Å². The van der Waals surface area contributed by atoms with Crippen LogP contribution in [0.3, 0.4) is 0 Å². The largest absolute Gasteiger partial charge is 0.340 e. The Balaban J connectivity index is 1.66. The molecule has 2 amide bonds. The third-order valence-corrected chi connectivity index (χ3v) is 2.79. The smallest absolute Gasteiger partial charge is 0.315 e. The van der Waals surface area contributed by atoms with Crippen LogP contribution in [0.4, 0.5) is 9.18 Å². The molecular formula is C14H17FN4O. The summed E-state index contributed by atoms with van der Waals surface area (Å²) in [5.74, 6) is -0.284. The summed E-state index contributed by atoms with van der Waals surface area (Å²) in [5, 5.41) is 5.46. The van der Waals surface area contributed by atoms with Gasteiger partial charge < -0.3 is 15.2 Å². The molecule has 0 atom stereocenters. The van der Waals surface area contributed by atoms with Crippen molar-refractivity contribution in [3.63, 3.8) is 0 Å². The molecule has 0 saturated carbocycles. The van der Waals surface area contributed by atoms with Gasteiger partial charge in [0.15, 0.2) is 0 Å². The van der Waals surface area contributed by atoms with Crippen molar-refractivity contribution in [2.24, 2.45) is 7.05 Å². The SMILES string of the molecule is Cn1cnc(CCNC(=O)NCc2ccc(F)cc2)c1. The fraction of sp³-hybridized carbons (Fsp3) is 0.286. The molecule has 20 heavy (non-hydrogen) atoms. The molecule has 0 aliphatic carbocycles. The molecule has 1 aromatic heterocycles. The zero-order valence-corrected chi connectivity index (χ0v) is 11.3. The van der Waals surface area contributed by atoms with Gasteiger partial charge in [-0.3, -0.25) is 0 Å². The van der Waals surface area contributed by atoms with Gasteiger partial charge in [-0.05, 0) is 17.7 Å². The topological polar surface area (TPSA) is 59.0 Å². The number of nitrogens with zero attached hydrogens (tertiary/aromatic N) is 2. The molecule has 0 aliphatic rings. The molecule has 0 unspecified atom stereocenters. The summed E-state index contributed by atoms with van der Waals surface area (Å²) in [6.07, 6.45) is 4.33. The van der Waals surface area contributed by atoms with Gasteiger partial charge in [0.1, 0.15) is 5.82 Å². The molecule has 0 spiro atoms. The summed E-state index contributed by atoms with van der Waals surface area (Å²) in [4.78, 5) is 15.7. The molecule has 0 saturated heterocycles. The highest BCUT2D eigenvalue weighted by molar-refractivity contribution is 5.73. The fourth-order valence-corrected chi connectivity index (χ4v) is 1.75. The maximum Gasteiger partial charge on any atom is 0.315 e. The van der Waals surface area contributed by atoms with Crippen LogP contribution in [0, 0.1) is 5.82 Å². The Morgan fingerprint density at radius 1 is 1.30 bits per heavy atom. The summed E-state index contributed by atoms with van der Waals surface area (Å²) < 4.78 is 14.6. The van der Waals surface area contributed by atoms with Gasteiger partial charge in [0.05, 0.1) is 12.0 Å². The van der Waals surface area contributed by atoms with Crippen LogP contribution in [-0.4, -0.2) is 22.1 Å². The minimum Gasteiger partial charge on any atom is -0.340 e. The Kier molecular flexibility index (Phi) is 4.70. The Morgan fingerprint density at radius 2 is 2.05 bits per heavy atom. The van der Waals surface area contributed by atoms with Crippen LogP contribution in [0.25, 0.3) is 0 Å². The van der Waals surface area contributed by atoms with Crippen molar-refractivity contribution in [3.8, 4) is 0 Å². The van der Waals surface area contributed by atoms with Crippen LogP contribution in [0.15, 0.2) is 36.8 Å². The Hall–Kier alpha value is -2.37. The zero-order chi connectivity index (χ0) is 14.4. The number of imidazole rings is 1. The highest BCUT2D eigenvalue weighted by Gasteiger charge is 2.01. The summed E-state index contributed by atoms with van der Waals surface area (Å²) in [6.45, 7) is 0.891. The second-order valence-electron chi connectivity index (χ2n) is 4.52. The molecule has 0 radical (unpaired) electrons. The molecule has 6 heteroatoms. The molecule has 0 fully saturated rings. The van der Waals surface area contributed by atoms with Crippen LogP contribution < -0.4 is 10.6 Å². The van der Waals surface area contributed by atoms with E-state index in [4.69, 9.17) is 0 Å². The number of amides is 2. The average molecular weight is 276 g/mol. The lowest BCUT2D eigenvalue weighted by Gasteiger charge is -2.07. The number of aryl methyl sites for hydroxylation is 1. The summed E-state index contributed by atoms with van der Waals surface area (Å²) in [6, 6.07) is 5.78. The van der Waals surface area contributed by atoms with Gasteiger partial charge in [0.2, 0.25) is 0 Å². The molecule has 106 valence electrons. The predicted molar refractivity (Wildman–Crippen MR) is 73.6 cm³/mol. The van der Waals surface area contributed by atoms with Crippen molar-refractivity contribution >= 4 is 6.03 Å². The van der Waals surface area contributed by atoms with E-state index >= 15 is 0 Å². The van der Waals surface area contributed by atoms with E-state index in [9.17, 15) is 9.18 Å². The van der Waals surface area contributed by atoms with Crippen LogP contribution in [0.1, 0.15) is 11.3 Å². The fourth-order valence-electron chi connectivity index (χ4n) is 1.75. The van der Waals surface area contributed by atoms with Crippen molar-refractivity contribution in [1.82, 2.24) is 20.2 Å². The van der Waals surface area contributed by atoms with Crippen LogP contribution >= 0.6 is 0 Å². The maximum atomic E-state index is 12.7. The Labute approximate surface area is 116 Å². The lowest BCUT2D eigenvalue weighted by atomic mass is 10.2. The maximum absolute atomic E-state index is 12.7. The molecule has 2 N–H and O–H groups in total. The number of halogens is 1. The molecule has 0 aliphatic heterocycles. The zero-order valence-electron chi connectivity index (χ0n) is 11.3. The van der Waals surface area contributed by atoms with Gasteiger partial charge in [-0.25, -0.2) is 14.2 Å². The quantitative estimate of drug-likeness (QED) is 0.871. The molecule has 5 nitrogen and oxygen atoms in total. The van der Waals surface area contributed by atoms with E-state index < -0.39 is 0 Å². The highest BCUT2D eigenvalue weighted by atomic mass is 19.1. The number of hydrogen-bond donors (Lipinski definition) is 2. The van der Waals surface area contributed by atoms with Gasteiger partial charge in [-0.2, -0.15) is 0 Å². The minimum atomic E-state index is -0.284. The summed E-state index contributed by atoms with van der Waals surface area (Å²) in [7, 11) is 1.90. The number of benzene rings is 1. The molecule has 0 bridgehead atoms. The first-order chi connectivity index (χ1) is 9.63. The first-order valence-corrected chi connectivity index (χ1v) is 6.36. The highest BCUT2D eigenvalue weighted by Crippen LogP contribution is 2.01. The molecule has 1 aromatic carbocycles. The lowest BCUT2D eigenvalue weighted by molar-refractivity contribution is 0.240. The van der Waals surface area contributed by atoms with Crippen LogP contribution in [0.5, 0.6) is 0 Å². The number of carbonyl (C=O) groups excluding carboxylic acids is 1. The Bertz CT molecular complexity index is 565. The van der Waals surface area contributed by atoms with Crippen molar-refractivity contribution in [1.29, 1.82) is 0 Å². The summed E-state index contributed by atoms with van der Waals surface area (Å²) in [5.41, 5.74) is 1.79. The van der Waals surface area contributed by atoms with Gasteiger partial charge >= 0.3 is 6.03 Å². The van der Waals surface area contributed by atoms with E-state index in [1.54, 1.807) is 18.5 Å². The first kappa shape index (κ1) is 14.0. The lowest BCUT2D eigenvalue weighted by Crippen LogP contribution is -2.36. The van der Waals surface area contributed by atoms with Crippen LogP contribution in [-0.2, 0) is 20.0 Å². The van der Waals surface area contributed by atoms with E-state index in [2.05, 4.69) is 15.6 Å². The number of rotatable bonds is 5. The molecule has 2 rings (SSSR count). The molecule has 2 aromatic rings. The molecular weight excluding hydrogens is 259 g/mol. The van der Waals surface area contributed by atoms with Crippen molar-refractivity contribution in [2.45, 2.75) is 13.0 Å². The van der Waals surface area contributed by atoms with Gasteiger partial charge in [-0.15, -0.1) is 0 Å². The number of hydrogen-bond acceptors (Lipinski definition) is 2. The predicted octanol–water partition coefficient (Wildman–Crippen LogP) is 1.60. The first-order valence-electron chi connectivity index (χ1n) is 6.36. The minimum absolute atomic E-state index is 0.245. The van der Waals surface area contributed by atoms with E-state index in [1.807, 2.05) is 17.8 Å². The van der Waals surface area contributed by atoms with E-state index in [0.29, 0.717) is 19.5 Å². The second-order valence-corrected chi connectivity index (χ2v) is 4.52. The third kappa shape index (κ3) is 4.38. The van der Waals surface area contributed by atoms with E-state index in [1.165, 1.54) is 12.1 Å². The number of urea groups is 1. The van der Waals surface area contributed by atoms with E-state index in [0.717, 1.165) is 11.3 Å². The number of nitrogens with one attached hydrogen (secondary N) is 2. The monoisotopic (exact) mass is 276 g/mol. The number of aromatic nitrogens is 2. The van der Waals surface area contributed by atoms with Crippen molar-refractivity contribution in [3.05, 3.63) is 53.9 Å². The van der Waals surface area contributed by atoms with Crippen molar-refractivity contribution in [2.75, 3.05) is 6.54 Å². The normalized spacial score (nSPS) is 10.3. The van der Waals surface area contributed by atoms with Gasteiger partial charge in [0.25, 0.3) is 0 Å². The average Bonchev–Trinajstić information content (AvgIpc) is 2.84. The number of carbonyl (C=O) groups is 1. The van der Waals surface area contributed by atoms with Crippen molar-refractivity contribution < 1.29 is 9.18 Å². The van der Waals surface area contributed by atoms with Gasteiger partial charge in [-0.1, -0.05) is 12.1 Å². The third-order valence-electron chi connectivity index (χ3n) is 2.79. The standard InChI is InChI=1S/C14H17FN4O/c1-19-9-13(18-10-19)6-7-16-14(20)17-8-11-2-4-12(15)5-3-11/h2-5,9-10H,6-8H2,1H3,(H2,16,17,20). The van der Waals surface area contributed by atoms with Crippen LogP contribution in [0.2, 0.25) is 0 Å². The van der Waals surface area contributed by atoms with Gasteiger partial charge in [0, 0.05) is 32.8 Å².